The van der Waals surface area contributed by atoms with Gasteiger partial charge in [0.2, 0.25) is 0 Å². The van der Waals surface area contributed by atoms with Crippen molar-refractivity contribution in [1.82, 2.24) is 34.7 Å². The van der Waals surface area contributed by atoms with Crippen LogP contribution >= 0.6 is 0 Å². The zero-order chi connectivity index (χ0) is 37.8. The molecule has 9 heteroatoms. The highest BCUT2D eigenvalue weighted by molar-refractivity contribution is 6.01. The Hall–Kier alpha value is -6.74. The van der Waals surface area contributed by atoms with Gasteiger partial charge in [-0.2, -0.15) is 0 Å². The monoisotopic (exact) mass is 723 g/mol. The lowest BCUT2D eigenvalue weighted by Crippen LogP contribution is -2.39. The molecule has 0 atom stereocenters. The minimum absolute atomic E-state index is 0.277. The third kappa shape index (κ3) is 6.37. The average molecular weight is 724 g/mol. The molecule has 8 rings (SSSR count). The van der Waals surface area contributed by atoms with Crippen molar-refractivity contribution >= 4 is 17.0 Å². The van der Waals surface area contributed by atoms with Gasteiger partial charge in [-0.25, -0.2) is 19.4 Å². The number of imidazole rings is 1. The van der Waals surface area contributed by atoms with Gasteiger partial charge in [0.05, 0.1) is 12.6 Å². The third-order valence-corrected chi connectivity index (χ3v) is 10.3. The maximum absolute atomic E-state index is 12.9. The first-order valence-electron chi connectivity index (χ1n) is 18.6. The predicted octanol–water partition coefficient (Wildman–Crippen LogP) is 9.08. The van der Waals surface area contributed by atoms with Gasteiger partial charge >= 0.3 is 5.97 Å². The van der Waals surface area contributed by atoms with Crippen LogP contribution in [0.2, 0.25) is 0 Å². The fourth-order valence-electron chi connectivity index (χ4n) is 7.63. The molecular formula is C46H41N7O2. The molecule has 3 aromatic heterocycles. The molecule has 0 saturated carbocycles. The molecule has 0 aliphatic rings. The van der Waals surface area contributed by atoms with Crippen LogP contribution in [0.1, 0.15) is 63.9 Å². The van der Waals surface area contributed by atoms with Crippen molar-refractivity contribution in [2.24, 2.45) is 0 Å². The van der Waals surface area contributed by atoms with E-state index >= 15 is 0 Å². The SMILES string of the molecule is CCCCc1nc2c(C)cnc(C(=O)OC)c2n1Cc1ccc(-c2ccccc2-c2nnnn2C(c2ccccc2)(c2ccccc2)c2ccccc2)cc1. The molecule has 272 valence electrons. The van der Waals surface area contributed by atoms with Crippen LogP contribution in [-0.4, -0.2) is 47.8 Å². The fraction of sp³-hybridized carbons (Fsp3) is 0.174. The van der Waals surface area contributed by atoms with E-state index < -0.39 is 11.5 Å². The van der Waals surface area contributed by atoms with Crippen molar-refractivity contribution in [1.29, 1.82) is 0 Å². The zero-order valence-corrected chi connectivity index (χ0v) is 31.1. The molecule has 0 N–H and O–H groups in total. The van der Waals surface area contributed by atoms with E-state index in [9.17, 15) is 4.79 Å². The van der Waals surface area contributed by atoms with Crippen molar-refractivity contribution in [3.63, 3.8) is 0 Å². The molecule has 5 aromatic carbocycles. The number of carbonyl (C=O) groups excluding carboxylic acids is 1. The van der Waals surface area contributed by atoms with Crippen LogP contribution in [0.3, 0.4) is 0 Å². The number of pyridine rings is 1. The fourth-order valence-corrected chi connectivity index (χ4v) is 7.63. The van der Waals surface area contributed by atoms with Crippen LogP contribution in [0.15, 0.2) is 146 Å². The topological polar surface area (TPSA) is 101 Å². The number of unbranched alkanes of at least 4 members (excludes halogenated alkanes) is 1. The van der Waals surface area contributed by atoms with E-state index in [4.69, 9.17) is 20.0 Å². The molecule has 0 saturated heterocycles. The smallest absolute Gasteiger partial charge is 0.358 e. The number of carbonyl (C=O) groups is 1. The number of esters is 1. The van der Waals surface area contributed by atoms with Gasteiger partial charge in [-0.05, 0) is 62.7 Å². The van der Waals surface area contributed by atoms with Crippen molar-refractivity contribution in [3.05, 3.63) is 185 Å². The minimum atomic E-state index is -0.876. The Morgan fingerprint density at radius 2 is 1.33 bits per heavy atom. The molecule has 0 unspecified atom stereocenters. The second-order valence-corrected chi connectivity index (χ2v) is 13.7. The van der Waals surface area contributed by atoms with Crippen LogP contribution in [-0.2, 0) is 23.2 Å². The summed E-state index contributed by atoms with van der Waals surface area (Å²) in [6.45, 7) is 4.67. The third-order valence-electron chi connectivity index (χ3n) is 10.3. The van der Waals surface area contributed by atoms with Crippen LogP contribution in [0.25, 0.3) is 33.5 Å². The van der Waals surface area contributed by atoms with Gasteiger partial charge < -0.3 is 9.30 Å². The molecule has 0 fully saturated rings. The molecule has 0 aliphatic carbocycles. The van der Waals surface area contributed by atoms with Gasteiger partial charge in [-0.15, -0.1) is 5.10 Å². The number of fused-ring (bicyclic) bond motifs is 1. The Kier molecular flexibility index (Phi) is 9.83. The number of aromatic nitrogens is 7. The lowest BCUT2D eigenvalue weighted by Gasteiger charge is -2.36. The van der Waals surface area contributed by atoms with E-state index in [0.717, 1.165) is 75.1 Å². The summed E-state index contributed by atoms with van der Waals surface area (Å²) >= 11 is 0. The first-order chi connectivity index (χ1) is 27.0. The summed E-state index contributed by atoms with van der Waals surface area (Å²) in [6, 6.07) is 48.1. The number of hydrogen-bond donors (Lipinski definition) is 0. The number of rotatable bonds is 12. The van der Waals surface area contributed by atoms with Gasteiger partial charge in [0.15, 0.2) is 11.5 Å². The summed E-state index contributed by atoms with van der Waals surface area (Å²) in [4.78, 5) is 22.4. The molecule has 0 amide bonds. The summed E-state index contributed by atoms with van der Waals surface area (Å²) < 4.78 is 9.23. The largest absolute Gasteiger partial charge is 0.464 e. The molecule has 9 nitrogen and oxygen atoms in total. The second-order valence-electron chi connectivity index (χ2n) is 13.7. The van der Waals surface area contributed by atoms with E-state index in [0.29, 0.717) is 17.9 Å². The van der Waals surface area contributed by atoms with Crippen molar-refractivity contribution < 1.29 is 9.53 Å². The number of tetrazole rings is 1. The average Bonchev–Trinajstić information content (AvgIpc) is 3.88. The van der Waals surface area contributed by atoms with Crippen LogP contribution < -0.4 is 0 Å². The van der Waals surface area contributed by atoms with Crippen molar-refractivity contribution in [3.8, 4) is 22.5 Å². The number of aryl methyl sites for hydroxylation is 2. The van der Waals surface area contributed by atoms with Crippen LogP contribution in [0, 0.1) is 6.92 Å². The number of nitrogens with zero attached hydrogens (tertiary/aromatic N) is 7. The van der Waals surface area contributed by atoms with E-state index in [1.54, 1.807) is 6.20 Å². The van der Waals surface area contributed by atoms with Gasteiger partial charge in [-0.3, -0.25) is 0 Å². The normalized spacial score (nSPS) is 11.5. The van der Waals surface area contributed by atoms with E-state index in [1.807, 2.05) is 41.9 Å². The van der Waals surface area contributed by atoms with Crippen molar-refractivity contribution in [2.45, 2.75) is 45.2 Å². The summed E-state index contributed by atoms with van der Waals surface area (Å²) in [5, 5.41) is 13.8. The Balaban J connectivity index is 1.23. The highest BCUT2D eigenvalue weighted by Gasteiger charge is 2.42. The Labute approximate surface area is 320 Å². The summed E-state index contributed by atoms with van der Waals surface area (Å²) in [6.07, 6.45) is 4.51. The maximum atomic E-state index is 12.9. The Morgan fingerprint density at radius 1 is 0.745 bits per heavy atom. The molecular weight excluding hydrogens is 683 g/mol. The minimum Gasteiger partial charge on any atom is -0.464 e. The number of ether oxygens (including phenoxy) is 1. The Morgan fingerprint density at radius 3 is 1.91 bits per heavy atom. The quantitative estimate of drug-likeness (QED) is 0.0916. The standard InChI is InChI=1S/C46H41N7O2/c1-4-5-25-40-48-41-32(2)30-47-42(45(54)55-3)43(41)52(40)31-33-26-28-34(29-27-33)38-23-15-16-24-39(38)44-49-50-51-53(44)46(35-17-9-6-10-18-35,36-19-11-7-12-20-36)37-21-13-8-14-22-37/h6-24,26-30H,4-5,25,31H2,1-3H3. The predicted molar refractivity (Wildman–Crippen MR) is 215 cm³/mol. The number of hydrogen-bond acceptors (Lipinski definition) is 7. The molecule has 8 aromatic rings. The van der Waals surface area contributed by atoms with Crippen LogP contribution in [0.5, 0.6) is 0 Å². The zero-order valence-electron chi connectivity index (χ0n) is 31.1. The van der Waals surface area contributed by atoms with E-state index in [1.165, 1.54) is 7.11 Å². The first kappa shape index (κ1) is 35.3. The second kappa shape index (κ2) is 15.3. The van der Waals surface area contributed by atoms with Crippen molar-refractivity contribution in [2.75, 3.05) is 7.11 Å². The van der Waals surface area contributed by atoms with Gasteiger partial charge in [0.25, 0.3) is 0 Å². The maximum Gasteiger partial charge on any atom is 0.358 e. The molecule has 55 heavy (non-hydrogen) atoms. The van der Waals surface area contributed by atoms with E-state index in [2.05, 4.69) is 131 Å². The summed E-state index contributed by atoms with van der Waals surface area (Å²) in [7, 11) is 1.38. The van der Waals surface area contributed by atoms with Gasteiger partial charge in [0, 0.05) is 24.7 Å². The lowest BCUT2D eigenvalue weighted by molar-refractivity contribution is 0.0596. The van der Waals surface area contributed by atoms with E-state index in [-0.39, 0.29) is 5.69 Å². The van der Waals surface area contributed by atoms with Gasteiger partial charge in [-0.1, -0.05) is 153 Å². The lowest BCUT2D eigenvalue weighted by atomic mass is 9.77. The molecule has 0 radical (unpaired) electrons. The number of methoxy groups -OCH3 is 1. The van der Waals surface area contributed by atoms with Gasteiger partial charge in [0.1, 0.15) is 16.9 Å². The highest BCUT2D eigenvalue weighted by atomic mass is 16.5. The number of benzene rings is 5. The van der Waals surface area contributed by atoms with Crippen LogP contribution in [0.4, 0.5) is 0 Å². The molecule has 0 spiro atoms. The highest BCUT2D eigenvalue weighted by Crippen LogP contribution is 2.43. The summed E-state index contributed by atoms with van der Waals surface area (Å²) in [5.74, 6) is 1.09. The first-order valence-corrected chi connectivity index (χ1v) is 18.6. The molecule has 0 aliphatic heterocycles. The summed E-state index contributed by atoms with van der Waals surface area (Å²) in [5.41, 5.74) is 8.90. The molecule has 3 heterocycles. The Bertz CT molecular complexity index is 2470. The molecule has 0 bridgehead atoms.